The van der Waals surface area contributed by atoms with Crippen LogP contribution in [0.5, 0.6) is 0 Å². The third-order valence-electron chi connectivity index (χ3n) is 5.84. The molecule has 2 aromatic carbocycles. The smallest absolute Gasteiger partial charge is 0.244 e. The highest BCUT2D eigenvalue weighted by Crippen LogP contribution is 2.30. The normalized spacial score (nSPS) is 21.0. The molecule has 4 rings (SSSR count). The summed E-state index contributed by atoms with van der Waals surface area (Å²) in [6.07, 6.45) is 0.342. The largest absolute Gasteiger partial charge is 0.334 e. The summed E-state index contributed by atoms with van der Waals surface area (Å²) in [5.41, 5.74) is 1.89. The molecule has 2 aromatic rings. The van der Waals surface area contributed by atoms with E-state index in [1.165, 1.54) is 21.3 Å². The van der Waals surface area contributed by atoms with Crippen LogP contribution in [0, 0.1) is 5.82 Å². The quantitative estimate of drug-likeness (QED) is 0.780. The number of nitrogens with one attached hydrogen (secondary N) is 1. The average Bonchev–Trinajstić information content (AvgIpc) is 2.73. The third-order valence-corrected chi connectivity index (χ3v) is 7.71. The van der Waals surface area contributed by atoms with Gasteiger partial charge in [0.2, 0.25) is 15.9 Å². The molecule has 1 fully saturated rings. The summed E-state index contributed by atoms with van der Waals surface area (Å²) in [4.78, 5) is 16.5. The number of sulfonamides is 1. The maximum atomic E-state index is 13.4. The van der Waals surface area contributed by atoms with Crippen LogP contribution < -0.4 is 4.90 Å². The molecule has 1 atom stereocenters. The second-order valence-electron chi connectivity index (χ2n) is 7.78. The topological polar surface area (TPSA) is 62.1 Å². The number of fused-ring (bicyclic) bond motifs is 1. The van der Waals surface area contributed by atoms with E-state index in [1.54, 1.807) is 4.90 Å². The Hall–Kier alpha value is -2.29. The number of hydrogen-bond acceptors (Lipinski definition) is 3. The van der Waals surface area contributed by atoms with Gasteiger partial charge in [0.15, 0.2) is 0 Å². The lowest BCUT2D eigenvalue weighted by atomic mass is 9.95. The summed E-state index contributed by atoms with van der Waals surface area (Å²) in [6.45, 7) is 3.06. The predicted molar refractivity (Wildman–Crippen MR) is 106 cm³/mol. The van der Waals surface area contributed by atoms with Gasteiger partial charge in [0.25, 0.3) is 0 Å². The molecule has 2 aliphatic heterocycles. The first kappa shape index (κ1) is 20.0. The molecule has 154 valence electrons. The van der Waals surface area contributed by atoms with Crippen LogP contribution in [0.4, 0.5) is 4.39 Å². The van der Waals surface area contributed by atoms with Crippen LogP contribution in [0.3, 0.4) is 0 Å². The minimum absolute atomic E-state index is 0.00102. The van der Waals surface area contributed by atoms with Crippen molar-refractivity contribution in [3.05, 3.63) is 65.5 Å². The van der Waals surface area contributed by atoms with E-state index in [0.29, 0.717) is 19.5 Å². The molecule has 0 unspecified atom stereocenters. The van der Waals surface area contributed by atoms with Gasteiger partial charge >= 0.3 is 0 Å². The molecule has 0 aliphatic carbocycles. The lowest BCUT2D eigenvalue weighted by Gasteiger charge is -2.39. The fourth-order valence-corrected chi connectivity index (χ4v) is 5.58. The average molecular weight is 419 g/mol. The second kappa shape index (κ2) is 7.85. The van der Waals surface area contributed by atoms with Gasteiger partial charge in [0.1, 0.15) is 11.9 Å². The SMILES string of the molecule is C[NH+]1CCN(C(=O)[C@H]2Cc3ccccc3CN2S(=O)(=O)c2ccc(F)cc2)CC1. The number of likely N-dealkylation sites (N-methyl/N-ethyl adjacent to an activating group) is 1. The maximum Gasteiger partial charge on any atom is 0.244 e. The second-order valence-corrected chi connectivity index (χ2v) is 9.67. The van der Waals surface area contributed by atoms with E-state index in [2.05, 4.69) is 7.05 Å². The van der Waals surface area contributed by atoms with Gasteiger partial charge in [-0.05, 0) is 41.8 Å². The molecule has 0 spiro atoms. The molecule has 8 heteroatoms. The Bertz CT molecular complexity index is 1000. The highest BCUT2D eigenvalue weighted by molar-refractivity contribution is 7.89. The summed E-state index contributed by atoms with van der Waals surface area (Å²) in [5, 5.41) is 0. The number of hydrogen-bond donors (Lipinski definition) is 1. The van der Waals surface area contributed by atoms with Gasteiger partial charge in [0.05, 0.1) is 38.1 Å². The number of nitrogens with zero attached hydrogens (tertiary/aromatic N) is 2. The first-order chi connectivity index (χ1) is 13.9. The van der Waals surface area contributed by atoms with Crippen molar-refractivity contribution in [1.82, 2.24) is 9.21 Å². The summed E-state index contributed by atoms with van der Waals surface area (Å²) < 4.78 is 41.4. The first-order valence-corrected chi connectivity index (χ1v) is 11.2. The summed E-state index contributed by atoms with van der Waals surface area (Å²) in [6, 6.07) is 11.6. The van der Waals surface area contributed by atoms with E-state index in [1.807, 2.05) is 24.3 Å². The Balaban J connectivity index is 1.70. The van der Waals surface area contributed by atoms with Crippen LogP contribution in [0.25, 0.3) is 0 Å². The van der Waals surface area contributed by atoms with E-state index in [-0.39, 0.29) is 17.3 Å². The number of rotatable bonds is 3. The van der Waals surface area contributed by atoms with Crippen LogP contribution in [0.1, 0.15) is 11.1 Å². The third kappa shape index (κ3) is 3.92. The highest BCUT2D eigenvalue weighted by Gasteiger charge is 2.41. The van der Waals surface area contributed by atoms with Gasteiger partial charge in [-0.25, -0.2) is 12.8 Å². The van der Waals surface area contributed by atoms with Gasteiger partial charge < -0.3 is 9.80 Å². The van der Waals surface area contributed by atoms with Gasteiger partial charge in [-0.1, -0.05) is 24.3 Å². The molecule has 0 radical (unpaired) electrons. The monoisotopic (exact) mass is 418 g/mol. The van der Waals surface area contributed by atoms with Gasteiger partial charge in [0, 0.05) is 6.54 Å². The first-order valence-electron chi connectivity index (χ1n) is 9.80. The summed E-state index contributed by atoms with van der Waals surface area (Å²) >= 11 is 0. The zero-order chi connectivity index (χ0) is 20.6. The van der Waals surface area contributed by atoms with Crippen molar-refractivity contribution in [2.75, 3.05) is 33.2 Å². The van der Waals surface area contributed by atoms with Crippen LogP contribution >= 0.6 is 0 Å². The van der Waals surface area contributed by atoms with Gasteiger partial charge in [-0.15, -0.1) is 0 Å². The fraction of sp³-hybridized carbons (Fsp3) is 0.381. The highest BCUT2D eigenvalue weighted by atomic mass is 32.2. The zero-order valence-corrected chi connectivity index (χ0v) is 17.2. The molecule has 0 aromatic heterocycles. The molecule has 6 nitrogen and oxygen atoms in total. The number of piperazine rings is 1. The Morgan fingerprint density at radius 3 is 2.31 bits per heavy atom. The molecule has 2 heterocycles. The lowest BCUT2D eigenvalue weighted by Crippen LogP contribution is -3.12. The van der Waals surface area contributed by atoms with Crippen molar-refractivity contribution in [2.45, 2.75) is 23.9 Å². The molecule has 1 saturated heterocycles. The molecular formula is C21H25FN3O3S+. The molecule has 1 N–H and O–H groups in total. The van der Waals surface area contributed by atoms with E-state index in [4.69, 9.17) is 0 Å². The van der Waals surface area contributed by atoms with Crippen LogP contribution in [0.2, 0.25) is 0 Å². The Kier molecular flexibility index (Phi) is 5.42. The minimum Gasteiger partial charge on any atom is -0.334 e. The Morgan fingerprint density at radius 1 is 1.03 bits per heavy atom. The Morgan fingerprint density at radius 2 is 1.66 bits per heavy atom. The molecule has 2 aliphatic rings. The van der Waals surface area contributed by atoms with Crippen LogP contribution in [-0.2, 0) is 27.8 Å². The van der Waals surface area contributed by atoms with Crippen LogP contribution in [0.15, 0.2) is 53.4 Å². The van der Waals surface area contributed by atoms with Crippen molar-refractivity contribution in [1.29, 1.82) is 0 Å². The van der Waals surface area contributed by atoms with Gasteiger partial charge in [-0.3, -0.25) is 4.79 Å². The van der Waals surface area contributed by atoms with Gasteiger partial charge in [-0.2, -0.15) is 4.31 Å². The molecule has 29 heavy (non-hydrogen) atoms. The number of amides is 1. The predicted octanol–water partition coefficient (Wildman–Crippen LogP) is 0.298. The summed E-state index contributed by atoms with van der Waals surface area (Å²) in [7, 11) is -1.86. The van der Waals surface area contributed by atoms with E-state index in [0.717, 1.165) is 36.3 Å². The Labute approximate surface area is 170 Å². The van der Waals surface area contributed by atoms with E-state index < -0.39 is 21.9 Å². The molecule has 0 bridgehead atoms. The number of halogens is 1. The summed E-state index contributed by atoms with van der Waals surface area (Å²) in [5.74, 6) is -0.654. The standard InChI is InChI=1S/C21H24FN3O3S/c1-23-10-12-24(13-11-23)21(26)20-14-16-4-2-3-5-17(16)15-25(20)29(27,28)19-8-6-18(22)7-9-19/h2-9,20H,10-15H2,1H3/p+1/t20-/m1/s1. The number of quaternary nitrogens is 1. The number of carbonyl (C=O) groups excluding carboxylic acids is 1. The molecular weight excluding hydrogens is 393 g/mol. The zero-order valence-electron chi connectivity index (χ0n) is 16.3. The van der Waals surface area contributed by atoms with E-state index in [9.17, 15) is 17.6 Å². The van der Waals surface area contributed by atoms with Crippen molar-refractivity contribution < 1.29 is 22.5 Å². The fourth-order valence-electron chi connectivity index (χ4n) is 4.02. The van der Waals surface area contributed by atoms with Crippen molar-refractivity contribution in [3.8, 4) is 0 Å². The van der Waals surface area contributed by atoms with Crippen molar-refractivity contribution in [3.63, 3.8) is 0 Å². The number of benzene rings is 2. The van der Waals surface area contributed by atoms with E-state index >= 15 is 0 Å². The van der Waals surface area contributed by atoms with Crippen LogP contribution in [-0.4, -0.2) is 62.8 Å². The molecule has 0 saturated carbocycles. The van der Waals surface area contributed by atoms with Crippen molar-refractivity contribution >= 4 is 15.9 Å². The van der Waals surface area contributed by atoms with Crippen molar-refractivity contribution in [2.24, 2.45) is 0 Å². The lowest BCUT2D eigenvalue weighted by molar-refractivity contribution is -0.883. The molecule has 1 amide bonds. The number of carbonyl (C=O) groups is 1. The minimum atomic E-state index is -3.95. The maximum absolute atomic E-state index is 13.4.